The van der Waals surface area contributed by atoms with E-state index in [9.17, 15) is 18.0 Å². The highest BCUT2D eigenvalue weighted by molar-refractivity contribution is 7.92. The van der Waals surface area contributed by atoms with Crippen molar-refractivity contribution >= 4 is 27.5 Å². The van der Waals surface area contributed by atoms with Crippen molar-refractivity contribution in [2.45, 2.75) is 65.8 Å². The van der Waals surface area contributed by atoms with Crippen LogP contribution >= 0.6 is 0 Å². The van der Waals surface area contributed by atoms with Gasteiger partial charge in [-0.2, -0.15) is 0 Å². The third kappa shape index (κ3) is 8.97. The number of amides is 2. The van der Waals surface area contributed by atoms with Crippen molar-refractivity contribution in [1.82, 2.24) is 10.2 Å². The molecule has 198 valence electrons. The average Bonchev–Trinajstić information content (AvgIpc) is 2.83. The lowest BCUT2D eigenvalue weighted by atomic mass is 10.1. The predicted molar refractivity (Wildman–Crippen MR) is 147 cm³/mol. The zero-order chi connectivity index (χ0) is 26.7. The molecule has 8 heteroatoms. The maximum atomic E-state index is 13.3. The Kier molecular flexibility index (Phi) is 11.4. The molecule has 0 radical (unpaired) electrons. The van der Waals surface area contributed by atoms with Crippen LogP contribution in [-0.2, 0) is 26.0 Å². The summed E-state index contributed by atoms with van der Waals surface area (Å²) in [5.41, 5.74) is 3.55. The molecule has 1 unspecified atom stereocenters. The van der Waals surface area contributed by atoms with E-state index in [1.807, 2.05) is 62.4 Å². The number of aryl methyl sites for hydroxylation is 2. The molecule has 0 aromatic heterocycles. The molecule has 7 nitrogen and oxygen atoms in total. The van der Waals surface area contributed by atoms with Crippen molar-refractivity contribution in [3.05, 3.63) is 65.2 Å². The van der Waals surface area contributed by atoms with Crippen LogP contribution in [0.15, 0.2) is 48.5 Å². The number of nitrogens with one attached hydrogen (secondary N) is 1. The predicted octanol–water partition coefficient (Wildman–Crippen LogP) is 4.23. The van der Waals surface area contributed by atoms with Gasteiger partial charge >= 0.3 is 0 Å². The Hall–Kier alpha value is -2.87. The monoisotopic (exact) mass is 515 g/mol. The molecule has 0 spiro atoms. The minimum Gasteiger partial charge on any atom is -0.354 e. The maximum Gasteiger partial charge on any atom is 0.242 e. The van der Waals surface area contributed by atoms with E-state index in [1.54, 1.807) is 11.8 Å². The molecule has 0 fully saturated rings. The summed E-state index contributed by atoms with van der Waals surface area (Å²) < 4.78 is 26.5. The molecule has 0 saturated carbocycles. The number of hydrogen-bond donors (Lipinski definition) is 1. The van der Waals surface area contributed by atoms with Gasteiger partial charge < -0.3 is 10.2 Å². The van der Waals surface area contributed by atoms with Crippen LogP contribution in [0.25, 0.3) is 0 Å². The number of unbranched alkanes of at least 4 members (excludes halogenated alkanes) is 1. The maximum absolute atomic E-state index is 13.3. The van der Waals surface area contributed by atoms with Crippen LogP contribution in [0.3, 0.4) is 0 Å². The van der Waals surface area contributed by atoms with E-state index < -0.39 is 16.1 Å². The molecule has 0 saturated heterocycles. The van der Waals surface area contributed by atoms with Gasteiger partial charge in [0.15, 0.2) is 0 Å². The minimum atomic E-state index is -3.52. The van der Waals surface area contributed by atoms with E-state index in [-0.39, 0.29) is 24.8 Å². The summed E-state index contributed by atoms with van der Waals surface area (Å²) in [5.74, 6) is -0.323. The van der Waals surface area contributed by atoms with E-state index in [0.717, 1.165) is 29.5 Å². The smallest absolute Gasteiger partial charge is 0.242 e. The minimum absolute atomic E-state index is 0.151. The fraction of sp³-hybridized carbons (Fsp3) is 0.500. The first-order valence-corrected chi connectivity index (χ1v) is 14.6. The molecule has 2 amide bonds. The molecular weight excluding hydrogens is 474 g/mol. The van der Waals surface area contributed by atoms with Gasteiger partial charge in [-0.05, 0) is 62.8 Å². The van der Waals surface area contributed by atoms with Crippen LogP contribution < -0.4 is 9.62 Å². The van der Waals surface area contributed by atoms with Gasteiger partial charge in [-0.25, -0.2) is 8.42 Å². The molecule has 1 atom stereocenters. The molecule has 0 bridgehead atoms. The van der Waals surface area contributed by atoms with Crippen molar-refractivity contribution in [3.63, 3.8) is 0 Å². The Morgan fingerprint density at radius 3 is 2.33 bits per heavy atom. The second-order valence-electron chi connectivity index (χ2n) is 9.37. The molecule has 2 aromatic carbocycles. The first kappa shape index (κ1) is 29.4. The zero-order valence-corrected chi connectivity index (χ0v) is 23.1. The molecular formula is C28H41N3O4S. The number of anilines is 1. The molecule has 0 heterocycles. The molecule has 2 rings (SSSR count). The van der Waals surface area contributed by atoms with E-state index >= 15 is 0 Å². The van der Waals surface area contributed by atoms with Gasteiger partial charge in [-0.3, -0.25) is 13.9 Å². The van der Waals surface area contributed by atoms with Gasteiger partial charge in [-0.15, -0.1) is 0 Å². The highest BCUT2D eigenvalue weighted by Crippen LogP contribution is 2.24. The van der Waals surface area contributed by atoms with Gasteiger partial charge in [0.25, 0.3) is 0 Å². The molecule has 1 N–H and O–H groups in total. The van der Waals surface area contributed by atoms with E-state index in [0.29, 0.717) is 31.6 Å². The summed E-state index contributed by atoms with van der Waals surface area (Å²) in [6.45, 7) is 8.80. The van der Waals surface area contributed by atoms with Gasteiger partial charge in [-0.1, -0.05) is 55.8 Å². The lowest BCUT2D eigenvalue weighted by Crippen LogP contribution is -2.49. The number of carbonyl (C=O) groups is 2. The topological polar surface area (TPSA) is 86.8 Å². The van der Waals surface area contributed by atoms with Crippen LogP contribution in [0.2, 0.25) is 0 Å². The molecule has 0 aliphatic rings. The Labute approximate surface area is 216 Å². The van der Waals surface area contributed by atoms with E-state index in [1.165, 1.54) is 10.6 Å². The number of sulfonamides is 1. The second-order valence-corrected chi connectivity index (χ2v) is 11.3. The first-order chi connectivity index (χ1) is 17.0. The Morgan fingerprint density at radius 1 is 1.00 bits per heavy atom. The standard InChI is InChI=1S/C28H41N3O4S/c1-6-7-18-29-28(33)24(4)30(20-17-25-12-9-8-10-13-25)27(32)14-11-19-31(36(5,34)35)26-21-22(2)15-16-23(26)3/h8-10,12-13,15-16,21,24H,6-7,11,14,17-20H2,1-5H3,(H,29,33). The molecule has 36 heavy (non-hydrogen) atoms. The molecule has 0 aliphatic heterocycles. The fourth-order valence-corrected chi connectivity index (χ4v) is 5.09. The normalized spacial score (nSPS) is 12.1. The van der Waals surface area contributed by atoms with Crippen molar-refractivity contribution in [1.29, 1.82) is 0 Å². The summed E-state index contributed by atoms with van der Waals surface area (Å²) in [6.07, 6.45) is 4.19. The largest absolute Gasteiger partial charge is 0.354 e. The van der Waals surface area contributed by atoms with Gasteiger partial charge in [0.05, 0.1) is 11.9 Å². The van der Waals surface area contributed by atoms with E-state index in [2.05, 4.69) is 12.2 Å². The Balaban J connectivity index is 2.12. The first-order valence-electron chi connectivity index (χ1n) is 12.7. The number of carbonyl (C=O) groups excluding carboxylic acids is 2. The zero-order valence-electron chi connectivity index (χ0n) is 22.3. The highest BCUT2D eigenvalue weighted by atomic mass is 32.2. The van der Waals surface area contributed by atoms with Crippen molar-refractivity contribution in [2.75, 3.05) is 30.2 Å². The van der Waals surface area contributed by atoms with Gasteiger partial charge in [0, 0.05) is 26.1 Å². The summed E-state index contributed by atoms with van der Waals surface area (Å²) >= 11 is 0. The van der Waals surface area contributed by atoms with Crippen molar-refractivity contribution in [3.8, 4) is 0 Å². The van der Waals surface area contributed by atoms with Crippen LogP contribution in [0.1, 0.15) is 56.2 Å². The SMILES string of the molecule is CCCCNC(=O)C(C)N(CCc1ccccc1)C(=O)CCCN(c1cc(C)ccc1C)S(C)(=O)=O. The van der Waals surface area contributed by atoms with Crippen LogP contribution in [-0.4, -0.2) is 57.1 Å². The van der Waals surface area contributed by atoms with Crippen molar-refractivity contribution < 1.29 is 18.0 Å². The van der Waals surface area contributed by atoms with Gasteiger partial charge in [0.1, 0.15) is 6.04 Å². The third-order valence-electron chi connectivity index (χ3n) is 6.27. The van der Waals surface area contributed by atoms with E-state index in [4.69, 9.17) is 0 Å². The quantitative estimate of drug-likeness (QED) is 0.382. The number of rotatable bonds is 14. The lowest BCUT2D eigenvalue weighted by molar-refractivity contribution is -0.139. The Morgan fingerprint density at radius 2 is 1.69 bits per heavy atom. The van der Waals surface area contributed by atoms with Gasteiger partial charge in [0.2, 0.25) is 21.8 Å². The average molecular weight is 516 g/mol. The van der Waals surface area contributed by atoms with Crippen LogP contribution in [0, 0.1) is 13.8 Å². The van der Waals surface area contributed by atoms with Crippen molar-refractivity contribution in [2.24, 2.45) is 0 Å². The second kappa shape index (κ2) is 14.0. The summed E-state index contributed by atoms with van der Waals surface area (Å²) in [4.78, 5) is 27.7. The Bertz CT molecular complexity index is 1100. The van der Waals surface area contributed by atoms with Crippen LogP contribution in [0.5, 0.6) is 0 Å². The number of nitrogens with zero attached hydrogens (tertiary/aromatic N) is 2. The lowest BCUT2D eigenvalue weighted by Gasteiger charge is -2.29. The summed E-state index contributed by atoms with van der Waals surface area (Å²) in [5, 5.41) is 2.92. The van der Waals surface area contributed by atoms with Crippen LogP contribution in [0.4, 0.5) is 5.69 Å². The summed E-state index contributed by atoms with van der Waals surface area (Å²) in [7, 11) is -3.52. The molecule has 2 aromatic rings. The highest BCUT2D eigenvalue weighted by Gasteiger charge is 2.26. The summed E-state index contributed by atoms with van der Waals surface area (Å²) in [6, 6.07) is 14.9. The third-order valence-corrected chi connectivity index (χ3v) is 7.45. The number of benzene rings is 2. The fourth-order valence-electron chi connectivity index (χ4n) is 4.08. The molecule has 0 aliphatic carbocycles. The number of hydrogen-bond acceptors (Lipinski definition) is 4.